The SMILES string of the molecule is COCCOC(=O)N1C(=O)C2(c3cc(C#CCN(C)Cc4ccccc4)ccc31)C(C(=O)N1CCN(c3ncccn3)CC1)C1C(=O)OC(c3ccccc3)C(c3ccccc3)N1C2c1cccc(OCCO)c1. The van der Waals surface area contributed by atoms with E-state index in [1.165, 1.54) is 7.11 Å². The lowest BCUT2D eigenvalue weighted by Crippen LogP contribution is -2.59. The third-order valence-electron chi connectivity index (χ3n) is 14.3. The maximum absolute atomic E-state index is 16.7. The number of esters is 1. The molecule has 10 rings (SSSR count). The van der Waals surface area contributed by atoms with Crippen LogP contribution in [0.4, 0.5) is 16.4 Å². The maximum Gasteiger partial charge on any atom is 0.421 e. The topological polar surface area (TPSA) is 167 Å². The molecule has 378 valence electrons. The van der Waals surface area contributed by atoms with Crippen molar-refractivity contribution in [2.45, 2.75) is 36.2 Å². The van der Waals surface area contributed by atoms with Crippen LogP contribution in [0.5, 0.6) is 5.75 Å². The first-order valence-electron chi connectivity index (χ1n) is 24.8. The van der Waals surface area contributed by atoms with Crippen LogP contribution in [0, 0.1) is 17.8 Å². The van der Waals surface area contributed by atoms with Gasteiger partial charge in [-0.05, 0) is 71.3 Å². The Morgan fingerprint density at radius 1 is 0.784 bits per heavy atom. The van der Waals surface area contributed by atoms with Gasteiger partial charge in [-0.15, -0.1) is 0 Å². The Balaban J connectivity index is 1.21. The van der Waals surface area contributed by atoms with E-state index in [4.69, 9.17) is 18.9 Å². The molecule has 0 radical (unpaired) electrons. The number of imide groups is 1. The van der Waals surface area contributed by atoms with Gasteiger partial charge in [-0.2, -0.15) is 0 Å². The summed E-state index contributed by atoms with van der Waals surface area (Å²) in [5, 5.41) is 9.89. The second-order valence-corrected chi connectivity index (χ2v) is 18.7. The number of aliphatic hydroxyl groups is 1. The summed E-state index contributed by atoms with van der Waals surface area (Å²) in [6.07, 6.45) is 1.44. The number of benzene rings is 5. The molecule has 0 saturated carbocycles. The van der Waals surface area contributed by atoms with Gasteiger partial charge >= 0.3 is 12.1 Å². The number of nitrogens with zero attached hydrogens (tertiary/aromatic N) is 7. The van der Waals surface area contributed by atoms with Crippen LogP contribution in [0.1, 0.15) is 51.6 Å². The van der Waals surface area contributed by atoms with Crippen LogP contribution in [0.3, 0.4) is 0 Å². The van der Waals surface area contributed by atoms with E-state index < -0.39 is 59.4 Å². The van der Waals surface area contributed by atoms with Gasteiger partial charge in [-0.1, -0.05) is 115 Å². The molecule has 3 saturated heterocycles. The number of aliphatic hydroxyl groups excluding tert-OH is 1. The average molecular weight is 996 g/mol. The van der Waals surface area contributed by atoms with Crippen LogP contribution in [0.15, 0.2) is 152 Å². The molecule has 0 aliphatic carbocycles. The van der Waals surface area contributed by atoms with Gasteiger partial charge in [0.05, 0.1) is 43.4 Å². The average Bonchev–Trinajstić information content (AvgIpc) is 3.89. The molecule has 1 spiro atoms. The summed E-state index contributed by atoms with van der Waals surface area (Å²) in [4.78, 5) is 81.1. The minimum Gasteiger partial charge on any atom is -0.491 e. The van der Waals surface area contributed by atoms with Crippen molar-refractivity contribution in [3.05, 3.63) is 185 Å². The summed E-state index contributed by atoms with van der Waals surface area (Å²) in [5.74, 6) is 4.12. The normalized spacial score (nSPS) is 22.2. The zero-order valence-corrected chi connectivity index (χ0v) is 41.2. The van der Waals surface area contributed by atoms with Gasteiger partial charge < -0.3 is 33.9 Å². The lowest BCUT2D eigenvalue weighted by Gasteiger charge is -2.46. The number of hydrogen-bond acceptors (Lipinski definition) is 14. The van der Waals surface area contributed by atoms with E-state index in [0.717, 1.165) is 16.0 Å². The molecule has 4 aliphatic heterocycles. The molecule has 4 aliphatic rings. The van der Waals surface area contributed by atoms with E-state index in [9.17, 15) is 9.90 Å². The molecule has 6 atom stereocenters. The van der Waals surface area contributed by atoms with Crippen LogP contribution in [0.25, 0.3) is 0 Å². The minimum atomic E-state index is -2.04. The molecule has 1 N–H and O–H groups in total. The zero-order valence-electron chi connectivity index (χ0n) is 41.2. The van der Waals surface area contributed by atoms with Crippen molar-refractivity contribution in [1.29, 1.82) is 0 Å². The van der Waals surface area contributed by atoms with Crippen LogP contribution < -0.4 is 14.5 Å². The number of methoxy groups -OCH3 is 1. The predicted molar refractivity (Wildman–Crippen MR) is 275 cm³/mol. The first kappa shape index (κ1) is 49.6. The molecule has 1 aromatic heterocycles. The van der Waals surface area contributed by atoms with Crippen molar-refractivity contribution in [3.63, 3.8) is 0 Å². The van der Waals surface area contributed by atoms with Crippen molar-refractivity contribution < 1.29 is 43.2 Å². The smallest absolute Gasteiger partial charge is 0.421 e. The monoisotopic (exact) mass is 995 g/mol. The number of amides is 3. The summed E-state index contributed by atoms with van der Waals surface area (Å²) >= 11 is 0. The largest absolute Gasteiger partial charge is 0.491 e. The Morgan fingerprint density at radius 2 is 1.47 bits per heavy atom. The zero-order chi connectivity index (χ0) is 51.2. The van der Waals surface area contributed by atoms with Gasteiger partial charge in [0.25, 0.3) is 0 Å². The number of aromatic nitrogens is 2. The first-order valence-corrected chi connectivity index (χ1v) is 24.8. The molecule has 5 heterocycles. The summed E-state index contributed by atoms with van der Waals surface area (Å²) in [7, 11) is 3.46. The number of carbonyl (C=O) groups excluding carboxylic acids is 4. The minimum absolute atomic E-state index is 0.0207. The Labute approximate surface area is 430 Å². The number of piperazine rings is 1. The number of carbonyl (C=O) groups is 4. The molecule has 0 bridgehead atoms. The highest BCUT2D eigenvalue weighted by Crippen LogP contribution is 2.66. The molecule has 5 aromatic carbocycles. The lowest BCUT2D eigenvalue weighted by atomic mass is 9.64. The Hall–Kier alpha value is -7.94. The van der Waals surface area contributed by atoms with E-state index in [-0.39, 0.29) is 45.2 Å². The number of cyclic esters (lactones) is 1. The van der Waals surface area contributed by atoms with Crippen molar-refractivity contribution in [2.24, 2.45) is 5.92 Å². The number of fused-ring (bicyclic) bond motifs is 3. The Bertz CT molecular complexity index is 3020. The van der Waals surface area contributed by atoms with Crippen LogP contribution in [-0.2, 0) is 40.6 Å². The summed E-state index contributed by atoms with van der Waals surface area (Å²) in [5.41, 5.74) is 2.11. The van der Waals surface area contributed by atoms with Crippen molar-refractivity contribution >= 4 is 35.5 Å². The molecule has 16 heteroatoms. The van der Waals surface area contributed by atoms with E-state index in [2.05, 4.69) is 38.8 Å². The third kappa shape index (κ3) is 9.46. The quantitative estimate of drug-likeness (QED) is 0.0753. The van der Waals surface area contributed by atoms with Gasteiger partial charge in [0, 0.05) is 57.8 Å². The van der Waals surface area contributed by atoms with Crippen LogP contribution in [-0.4, -0.2) is 133 Å². The maximum atomic E-state index is 16.7. The number of morpholine rings is 1. The number of hydrogen-bond donors (Lipinski definition) is 1. The molecular formula is C58H57N7O9. The van der Waals surface area contributed by atoms with Crippen LogP contribution >= 0.6 is 0 Å². The van der Waals surface area contributed by atoms with Gasteiger partial charge in [0.15, 0.2) is 0 Å². The van der Waals surface area contributed by atoms with Crippen molar-refractivity contribution in [2.75, 3.05) is 83.1 Å². The van der Waals surface area contributed by atoms with Crippen LogP contribution in [0.2, 0.25) is 0 Å². The highest BCUT2D eigenvalue weighted by molar-refractivity contribution is 6.23. The fourth-order valence-corrected chi connectivity index (χ4v) is 11.2. The van der Waals surface area contributed by atoms with Gasteiger partial charge in [-0.3, -0.25) is 24.2 Å². The van der Waals surface area contributed by atoms with Crippen molar-refractivity contribution in [1.82, 2.24) is 24.7 Å². The highest BCUT2D eigenvalue weighted by Gasteiger charge is 2.76. The van der Waals surface area contributed by atoms with E-state index in [1.807, 2.05) is 102 Å². The van der Waals surface area contributed by atoms with E-state index >= 15 is 14.4 Å². The first-order chi connectivity index (χ1) is 36.2. The second kappa shape index (κ2) is 22.0. The summed E-state index contributed by atoms with van der Waals surface area (Å²) in [6.45, 7) is 1.83. The highest BCUT2D eigenvalue weighted by atomic mass is 16.6. The molecule has 74 heavy (non-hydrogen) atoms. The van der Waals surface area contributed by atoms with Gasteiger partial charge in [0.2, 0.25) is 17.8 Å². The molecule has 6 unspecified atom stereocenters. The summed E-state index contributed by atoms with van der Waals surface area (Å²) in [6, 6.07) is 39.9. The lowest BCUT2D eigenvalue weighted by molar-refractivity contribution is -0.179. The molecule has 6 aromatic rings. The van der Waals surface area contributed by atoms with Gasteiger partial charge in [-0.25, -0.2) is 19.7 Å². The number of anilines is 2. The summed E-state index contributed by atoms with van der Waals surface area (Å²) < 4.78 is 23.8. The molecule has 3 amide bonds. The fourth-order valence-electron chi connectivity index (χ4n) is 11.2. The third-order valence-corrected chi connectivity index (χ3v) is 14.3. The predicted octanol–water partition coefficient (Wildman–Crippen LogP) is 6.13. The molecular weight excluding hydrogens is 939 g/mol. The van der Waals surface area contributed by atoms with Crippen molar-refractivity contribution in [3.8, 4) is 17.6 Å². The Morgan fingerprint density at radius 3 is 2.18 bits per heavy atom. The second-order valence-electron chi connectivity index (χ2n) is 18.7. The van der Waals surface area contributed by atoms with E-state index in [1.54, 1.807) is 59.8 Å². The molecule has 3 fully saturated rings. The molecule has 16 nitrogen and oxygen atoms in total. The van der Waals surface area contributed by atoms with Gasteiger partial charge in [0.1, 0.15) is 36.5 Å². The fraction of sp³-hybridized carbons (Fsp3) is 0.310. The number of ether oxygens (including phenoxy) is 4. The Kier molecular flexibility index (Phi) is 14.8. The standard InChI is InChI=1S/C58H57N7O9/c1-61(39-41-15-6-3-7-16-41)28-13-17-40-24-25-47-46(37-40)58(55(69)64(47)57(70)73-36-35-71-2)48(53(67)62-29-31-63(32-30-62)56-59-26-14-27-60-56)50-54(68)74-51(43-20-10-5-11-21-43)49(42-18-8-4-9-19-42)65(50)52(58)44-22-12-23-45(38-44)72-34-33-66/h3-12,14-16,18-27,37-38,48-52,66H,28-36,39H2,1-2H3. The van der Waals surface area contributed by atoms with E-state index in [0.29, 0.717) is 60.1 Å². The number of rotatable bonds is 14.